The number of rotatable bonds is 7. The van der Waals surface area contributed by atoms with Crippen LogP contribution in [0.3, 0.4) is 0 Å². The van der Waals surface area contributed by atoms with Crippen molar-refractivity contribution in [2.24, 2.45) is 10.6 Å². The molecule has 0 amide bonds. The SMILES string of the molecule is CC(C)(C)CCOCCCCS(N)(=O)=O. The lowest BCUT2D eigenvalue weighted by atomic mass is 9.93. The zero-order valence-corrected chi connectivity index (χ0v) is 10.8. The summed E-state index contributed by atoms with van der Waals surface area (Å²) >= 11 is 0. The first-order valence-corrected chi connectivity index (χ1v) is 7.00. The topological polar surface area (TPSA) is 69.4 Å². The Labute approximate surface area is 93.2 Å². The van der Waals surface area contributed by atoms with Crippen molar-refractivity contribution in [3.05, 3.63) is 0 Å². The van der Waals surface area contributed by atoms with Crippen LogP contribution in [-0.4, -0.2) is 27.4 Å². The van der Waals surface area contributed by atoms with E-state index in [2.05, 4.69) is 20.8 Å². The first-order valence-electron chi connectivity index (χ1n) is 5.29. The Hall–Kier alpha value is -0.130. The Balaban J connectivity index is 3.27. The molecule has 0 aliphatic heterocycles. The van der Waals surface area contributed by atoms with Gasteiger partial charge in [-0.3, -0.25) is 0 Å². The van der Waals surface area contributed by atoms with Crippen LogP contribution >= 0.6 is 0 Å². The van der Waals surface area contributed by atoms with Gasteiger partial charge in [0.1, 0.15) is 0 Å². The quantitative estimate of drug-likeness (QED) is 0.682. The highest BCUT2D eigenvalue weighted by Crippen LogP contribution is 2.17. The third-order valence-corrected chi connectivity index (χ3v) is 2.82. The maximum absolute atomic E-state index is 10.6. The van der Waals surface area contributed by atoms with Crippen LogP contribution in [0.5, 0.6) is 0 Å². The van der Waals surface area contributed by atoms with Crippen LogP contribution in [0.2, 0.25) is 0 Å². The minimum atomic E-state index is -3.30. The Morgan fingerprint density at radius 3 is 2.20 bits per heavy atom. The summed E-state index contributed by atoms with van der Waals surface area (Å²) in [7, 11) is -3.30. The summed E-state index contributed by atoms with van der Waals surface area (Å²) < 4.78 is 26.6. The first kappa shape index (κ1) is 14.9. The molecule has 0 rings (SSSR count). The number of hydrogen-bond acceptors (Lipinski definition) is 3. The van der Waals surface area contributed by atoms with Crippen LogP contribution in [0.4, 0.5) is 0 Å². The fourth-order valence-electron chi connectivity index (χ4n) is 0.988. The van der Waals surface area contributed by atoms with E-state index >= 15 is 0 Å². The summed E-state index contributed by atoms with van der Waals surface area (Å²) in [4.78, 5) is 0. The van der Waals surface area contributed by atoms with Gasteiger partial charge in [0.15, 0.2) is 0 Å². The average Bonchev–Trinajstić information content (AvgIpc) is 1.98. The van der Waals surface area contributed by atoms with Crippen molar-refractivity contribution in [2.45, 2.75) is 40.0 Å². The van der Waals surface area contributed by atoms with Gasteiger partial charge >= 0.3 is 0 Å². The van der Waals surface area contributed by atoms with Gasteiger partial charge in [0.2, 0.25) is 10.0 Å². The van der Waals surface area contributed by atoms with E-state index < -0.39 is 10.0 Å². The molecule has 2 N–H and O–H groups in total. The third-order valence-electron chi connectivity index (χ3n) is 1.96. The van der Waals surface area contributed by atoms with Crippen LogP contribution in [0, 0.1) is 5.41 Å². The molecule has 0 aromatic carbocycles. The Morgan fingerprint density at radius 1 is 1.13 bits per heavy atom. The standard InChI is InChI=1S/C10H23NO3S/c1-10(2,3)6-8-14-7-4-5-9-15(11,12)13/h4-9H2,1-3H3,(H2,11,12,13). The molecular formula is C10H23NO3S. The van der Waals surface area contributed by atoms with Gasteiger partial charge in [-0.05, 0) is 24.7 Å². The van der Waals surface area contributed by atoms with Crippen molar-refractivity contribution >= 4 is 10.0 Å². The fourth-order valence-corrected chi connectivity index (χ4v) is 1.59. The highest BCUT2D eigenvalue weighted by atomic mass is 32.2. The predicted octanol–water partition coefficient (Wildman–Crippen LogP) is 1.51. The van der Waals surface area contributed by atoms with Crippen molar-refractivity contribution in [1.82, 2.24) is 0 Å². The lowest BCUT2D eigenvalue weighted by molar-refractivity contribution is 0.106. The van der Waals surface area contributed by atoms with Gasteiger partial charge in [-0.1, -0.05) is 20.8 Å². The molecule has 5 heteroatoms. The van der Waals surface area contributed by atoms with Crippen molar-refractivity contribution in [2.75, 3.05) is 19.0 Å². The van der Waals surface area contributed by atoms with Gasteiger partial charge in [-0.2, -0.15) is 0 Å². The van der Waals surface area contributed by atoms with Crippen LogP contribution in [0.1, 0.15) is 40.0 Å². The van der Waals surface area contributed by atoms with Crippen LogP contribution in [0.15, 0.2) is 0 Å². The van der Waals surface area contributed by atoms with E-state index in [0.29, 0.717) is 18.4 Å². The predicted molar refractivity (Wildman–Crippen MR) is 62.1 cm³/mol. The van der Waals surface area contributed by atoms with Crippen molar-refractivity contribution in [1.29, 1.82) is 0 Å². The molecule has 0 aliphatic carbocycles. The molecule has 0 aromatic rings. The summed E-state index contributed by atoms with van der Waals surface area (Å²) in [6, 6.07) is 0. The third kappa shape index (κ3) is 13.9. The molecule has 0 unspecified atom stereocenters. The molecule has 0 bridgehead atoms. The van der Waals surface area contributed by atoms with Crippen molar-refractivity contribution < 1.29 is 13.2 Å². The summed E-state index contributed by atoms with van der Waals surface area (Å²) in [6.07, 6.45) is 2.34. The highest BCUT2D eigenvalue weighted by Gasteiger charge is 2.09. The van der Waals surface area contributed by atoms with E-state index in [4.69, 9.17) is 9.88 Å². The summed E-state index contributed by atoms with van der Waals surface area (Å²) in [5.41, 5.74) is 0.292. The van der Waals surface area contributed by atoms with E-state index in [-0.39, 0.29) is 5.75 Å². The molecule has 0 radical (unpaired) electrons. The molecule has 0 saturated carbocycles. The van der Waals surface area contributed by atoms with Crippen molar-refractivity contribution in [3.63, 3.8) is 0 Å². The largest absolute Gasteiger partial charge is 0.381 e. The van der Waals surface area contributed by atoms with Gasteiger partial charge in [0.25, 0.3) is 0 Å². The van der Waals surface area contributed by atoms with Crippen LogP contribution in [0.25, 0.3) is 0 Å². The maximum Gasteiger partial charge on any atom is 0.209 e. The monoisotopic (exact) mass is 237 g/mol. The van der Waals surface area contributed by atoms with E-state index in [9.17, 15) is 8.42 Å². The smallest absolute Gasteiger partial charge is 0.209 e. The van der Waals surface area contributed by atoms with E-state index in [0.717, 1.165) is 19.4 Å². The Morgan fingerprint density at radius 2 is 1.73 bits per heavy atom. The van der Waals surface area contributed by atoms with E-state index in [1.165, 1.54) is 0 Å². The van der Waals surface area contributed by atoms with Crippen LogP contribution < -0.4 is 5.14 Å². The molecule has 0 aliphatic rings. The molecule has 92 valence electrons. The highest BCUT2D eigenvalue weighted by molar-refractivity contribution is 7.89. The number of nitrogens with two attached hydrogens (primary N) is 1. The normalized spacial score (nSPS) is 13.1. The lowest BCUT2D eigenvalue weighted by Gasteiger charge is -2.17. The van der Waals surface area contributed by atoms with E-state index in [1.807, 2.05) is 0 Å². The summed E-state index contributed by atoms with van der Waals surface area (Å²) in [6.45, 7) is 7.84. The first-order chi connectivity index (χ1) is 6.71. The maximum atomic E-state index is 10.6. The number of hydrogen-bond donors (Lipinski definition) is 1. The van der Waals surface area contributed by atoms with Crippen LogP contribution in [-0.2, 0) is 14.8 Å². The van der Waals surface area contributed by atoms with Gasteiger partial charge < -0.3 is 4.74 Å². The minimum Gasteiger partial charge on any atom is -0.381 e. The molecule has 15 heavy (non-hydrogen) atoms. The second-order valence-corrected chi connectivity index (χ2v) is 6.73. The molecule has 0 saturated heterocycles. The van der Waals surface area contributed by atoms with E-state index in [1.54, 1.807) is 0 Å². The molecule has 0 atom stereocenters. The number of unbranched alkanes of at least 4 members (excludes halogenated alkanes) is 1. The molecule has 4 nitrogen and oxygen atoms in total. The van der Waals surface area contributed by atoms with Gasteiger partial charge in [-0.25, -0.2) is 13.6 Å². The zero-order chi connectivity index (χ0) is 11.9. The number of primary sulfonamides is 1. The molecule has 0 spiro atoms. The van der Waals surface area contributed by atoms with Crippen molar-refractivity contribution in [3.8, 4) is 0 Å². The Kier molecular flexibility index (Phi) is 6.40. The summed E-state index contributed by atoms with van der Waals surface area (Å²) in [5.74, 6) is 0.0512. The Bertz CT molecular complexity index is 254. The van der Waals surface area contributed by atoms with Gasteiger partial charge in [-0.15, -0.1) is 0 Å². The lowest BCUT2D eigenvalue weighted by Crippen LogP contribution is -2.16. The molecule has 0 aromatic heterocycles. The second-order valence-electron chi connectivity index (χ2n) is 5.00. The minimum absolute atomic E-state index is 0.0512. The average molecular weight is 237 g/mol. The zero-order valence-electron chi connectivity index (χ0n) is 9.95. The summed E-state index contributed by atoms with van der Waals surface area (Å²) in [5, 5.41) is 4.86. The second kappa shape index (κ2) is 6.45. The van der Waals surface area contributed by atoms with Gasteiger partial charge in [0.05, 0.1) is 5.75 Å². The molecule has 0 fully saturated rings. The molecular weight excluding hydrogens is 214 g/mol. The number of sulfonamides is 1. The molecule has 0 heterocycles. The van der Waals surface area contributed by atoms with Gasteiger partial charge in [0, 0.05) is 13.2 Å². The number of ether oxygens (including phenoxy) is 1. The fraction of sp³-hybridized carbons (Fsp3) is 1.00.